The topological polar surface area (TPSA) is 72.6 Å². The Kier molecular flexibility index (Phi) is 5.18. The minimum atomic E-state index is -0.746. The van der Waals surface area contributed by atoms with Crippen LogP contribution in [0.3, 0.4) is 0 Å². The normalized spacial score (nSPS) is 12.4. The van der Waals surface area contributed by atoms with Crippen LogP contribution in [0.2, 0.25) is 0 Å². The molecule has 1 N–H and O–H groups in total. The summed E-state index contributed by atoms with van der Waals surface area (Å²) < 4.78 is 5.12. The molecule has 88 valence electrons. The van der Waals surface area contributed by atoms with Gasteiger partial charge in [0.2, 0.25) is 0 Å². The quantitative estimate of drug-likeness (QED) is 0.470. The van der Waals surface area contributed by atoms with Crippen molar-refractivity contribution in [3.63, 3.8) is 0 Å². The molecular weight excluding hydrogens is 234 g/mol. The Balaban J connectivity index is 2.56. The number of benzene rings is 1. The molecule has 0 fully saturated rings. The van der Waals surface area contributed by atoms with Crippen LogP contribution in [-0.2, 0) is 11.3 Å². The van der Waals surface area contributed by atoms with Crippen LogP contribution in [0.5, 0.6) is 0 Å². The van der Waals surface area contributed by atoms with Crippen LogP contribution in [0, 0.1) is 10.1 Å². The Morgan fingerprint density at radius 3 is 2.81 bits per heavy atom. The van der Waals surface area contributed by atoms with E-state index < -0.39 is 11.0 Å². The fourth-order valence-corrected chi connectivity index (χ4v) is 1.25. The highest BCUT2D eigenvalue weighted by molar-refractivity contribution is 6.18. The maximum Gasteiger partial charge on any atom is 0.274 e. The van der Waals surface area contributed by atoms with Crippen LogP contribution < -0.4 is 0 Å². The van der Waals surface area contributed by atoms with Gasteiger partial charge in [0.25, 0.3) is 5.69 Å². The lowest BCUT2D eigenvalue weighted by molar-refractivity contribution is -0.386. The summed E-state index contributed by atoms with van der Waals surface area (Å²) in [4.78, 5) is 10.2. The van der Waals surface area contributed by atoms with E-state index in [4.69, 9.17) is 21.4 Å². The van der Waals surface area contributed by atoms with Gasteiger partial charge in [0.05, 0.1) is 35.7 Å². The number of hydrogen-bond acceptors (Lipinski definition) is 4. The number of halogens is 1. The summed E-state index contributed by atoms with van der Waals surface area (Å²) in [5, 5.41) is 19.8. The lowest BCUT2D eigenvalue weighted by Gasteiger charge is -2.08. The van der Waals surface area contributed by atoms with Crippen molar-refractivity contribution in [1.82, 2.24) is 0 Å². The molecule has 0 bridgehead atoms. The van der Waals surface area contributed by atoms with Gasteiger partial charge in [0.15, 0.2) is 0 Å². The lowest BCUT2D eigenvalue weighted by Crippen LogP contribution is -2.16. The molecule has 6 heteroatoms. The molecule has 0 spiro atoms. The monoisotopic (exact) mass is 245 g/mol. The zero-order valence-electron chi connectivity index (χ0n) is 8.51. The molecule has 1 atom stereocenters. The summed E-state index contributed by atoms with van der Waals surface area (Å²) in [6.07, 6.45) is -0.746. The number of aliphatic hydroxyl groups excluding tert-OH is 1. The molecule has 1 rings (SSSR count). The largest absolute Gasteiger partial charge is 0.389 e. The van der Waals surface area contributed by atoms with Gasteiger partial charge in [-0.3, -0.25) is 10.1 Å². The van der Waals surface area contributed by atoms with Crippen molar-refractivity contribution >= 4 is 17.3 Å². The van der Waals surface area contributed by atoms with Crippen molar-refractivity contribution in [3.8, 4) is 0 Å². The van der Waals surface area contributed by atoms with Crippen LogP contribution in [0.4, 0.5) is 5.69 Å². The van der Waals surface area contributed by atoms with Crippen LogP contribution in [0.25, 0.3) is 0 Å². The second kappa shape index (κ2) is 6.42. The molecule has 0 aromatic heterocycles. The Labute approximate surface area is 97.8 Å². The van der Waals surface area contributed by atoms with Gasteiger partial charge in [-0.1, -0.05) is 12.1 Å². The summed E-state index contributed by atoms with van der Waals surface area (Å²) in [5.41, 5.74) is 0.497. The van der Waals surface area contributed by atoms with Crippen LogP contribution in [0.1, 0.15) is 5.56 Å². The minimum absolute atomic E-state index is 0.0165. The molecule has 16 heavy (non-hydrogen) atoms. The Morgan fingerprint density at radius 2 is 2.19 bits per heavy atom. The Bertz CT molecular complexity index is 358. The number of para-hydroxylation sites is 1. The third-order valence-corrected chi connectivity index (χ3v) is 2.29. The summed E-state index contributed by atoms with van der Waals surface area (Å²) in [7, 11) is 0. The molecule has 0 aliphatic heterocycles. The second-order valence-corrected chi connectivity index (χ2v) is 3.52. The smallest absolute Gasteiger partial charge is 0.274 e. The van der Waals surface area contributed by atoms with Gasteiger partial charge in [0, 0.05) is 6.07 Å². The van der Waals surface area contributed by atoms with Gasteiger partial charge in [0.1, 0.15) is 0 Å². The molecule has 0 aliphatic rings. The van der Waals surface area contributed by atoms with E-state index in [-0.39, 0.29) is 24.8 Å². The second-order valence-electron chi connectivity index (χ2n) is 3.21. The van der Waals surface area contributed by atoms with Crippen molar-refractivity contribution in [2.75, 3.05) is 12.5 Å². The van der Waals surface area contributed by atoms with E-state index in [0.29, 0.717) is 5.56 Å². The number of rotatable bonds is 6. The molecule has 0 amide bonds. The molecule has 0 aliphatic carbocycles. The van der Waals surface area contributed by atoms with Gasteiger partial charge in [-0.05, 0) is 6.07 Å². The van der Waals surface area contributed by atoms with Crippen LogP contribution >= 0.6 is 11.6 Å². The van der Waals surface area contributed by atoms with E-state index in [1.807, 2.05) is 0 Å². The fraction of sp³-hybridized carbons (Fsp3) is 0.400. The predicted octanol–water partition coefficient (Wildman–Crippen LogP) is 1.71. The first-order valence-corrected chi connectivity index (χ1v) is 5.22. The van der Waals surface area contributed by atoms with Crippen LogP contribution in [-0.4, -0.2) is 28.6 Å². The maximum atomic E-state index is 10.7. The number of ether oxygens (including phenoxy) is 1. The van der Waals surface area contributed by atoms with Crippen molar-refractivity contribution in [2.24, 2.45) is 0 Å². The van der Waals surface area contributed by atoms with Crippen molar-refractivity contribution < 1.29 is 14.8 Å². The SMILES string of the molecule is O=[N+]([O-])c1ccccc1COC[C@@H](O)CCl. The lowest BCUT2D eigenvalue weighted by atomic mass is 10.2. The molecule has 0 saturated carbocycles. The number of aliphatic hydroxyl groups is 1. The molecule has 0 saturated heterocycles. The van der Waals surface area contributed by atoms with Gasteiger partial charge < -0.3 is 9.84 Å². The minimum Gasteiger partial charge on any atom is -0.389 e. The highest BCUT2D eigenvalue weighted by Gasteiger charge is 2.12. The highest BCUT2D eigenvalue weighted by Crippen LogP contribution is 2.18. The third-order valence-electron chi connectivity index (χ3n) is 1.93. The molecule has 0 radical (unpaired) electrons. The van der Waals surface area contributed by atoms with E-state index in [2.05, 4.69) is 0 Å². The van der Waals surface area contributed by atoms with E-state index in [1.165, 1.54) is 6.07 Å². The number of nitro benzene ring substituents is 1. The molecule has 1 aromatic carbocycles. The standard InChI is InChI=1S/C10H12ClNO4/c11-5-9(13)7-16-6-8-3-1-2-4-10(8)12(14)15/h1-4,9,13H,5-7H2/t9-/m0/s1. The molecule has 0 unspecified atom stereocenters. The summed E-state index contributed by atoms with van der Waals surface area (Å²) in [6, 6.07) is 6.32. The van der Waals surface area contributed by atoms with E-state index >= 15 is 0 Å². The maximum absolute atomic E-state index is 10.7. The van der Waals surface area contributed by atoms with Crippen molar-refractivity contribution in [1.29, 1.82) is 0 Å². The first-order valence-electron chi connectivity index (χ1n) is 4.69. The van der Waals surface area contributed by atoms with Crippen molar-refractivity contribution in [3.05, 3.63) is 39.9 Å². The first kappa shape index (κ1) is 12.9. The first-order chi connectivity index (χ1) is 7.65. The van der Waals surface area contributed by atoms with Crippen molar-refractivity contribution in [2.45, 2.75) is 12.7 Å². The number of hydrogen-bond donors (Lipinski definition) is 1. The van der Waals surface area contributed by atoms with Gasteiger partial charge in [-0.15, -0.1) is 11.6 Å². The third kappa shape index (κ3) is 3.77. The average Bonchev–Trinajstić information content (AvgIpc) is 2.29. The van der Waals surface area contributed by atoms with E-state index in [1.54, 1.807) is 18.2 Å². The molecule has 0 heterocycles. The Morgan fingerprint density at radius 1 is 1.50 bits per heavy atom. The molecular formula is C10H12ClNO4. The number of nitrogens with zero attached hydrogens (tertiary/aromatic N) is 1. The summed E-state index contributed by atoms with van der Waals surface area (Å²) in [5.74, 6) is 0.0802. The summed E-state index contributed by atoms with van der Waals surface area (Å²) in [6.45, 7) is 0.153. The van der Waals surface area contributed by atoms with Crippen LogP contribution in [0.15, 0.2) is 24.3 Å². The highest BCUT2D eigenvalue weighted by atomic mass is 35.5. The van der Waals surface area contributed by atoms with E-state index in [0.717, 1.165) is 0 Å². The fourth-order valence-electron chi connectivity index (χ4n) is 1.16. The van der Waals surface area contributed by atoms with Gasteiger partial charge in [-0.25, -0.2) is 0 Å². The Hall–Kier alpha value is -1.17. The molecule has 1 aromatic rings. The molecule has 5 nitrogen and oxygen atoms in total. The average molecular weight is 246 g/mol. The zero-order chi connectivity index (χ0) is 12.0. The zero-order valence-corrected chi connectivity index (χ0v) is 9.26. The van der Waals surface area contributed by atoms with E-state index in [9.17, 15) is 10.1 Å². The summed E-state index contributed by atoms with van der Waals surface area (Å²) >= 11 is 5.38. The predicted molar refractivity (Wildman–Crippen MR) is 59.5 cm³/mol. The number of alkyl halides is 1. The van der Waals surface area contributed by atoms with Gasteiger partial charge >= 0.3 is 0 Å². The number of nitro groups is 1. The van der Waals surface area contributed by atoms with Gasteiger partial charge in [-0.2, -0.15) is 0 Å².